The molecular formula is C15H25ClN2S. The molecule has 0 aliphatic heterocycles. The fraction of sp³-hybridized carbons (Fsp3) is 0.667. The van der Waals surface area contributed by atoms with Crippen LogP contribution in [-0.4, -0.2) is 22.8 Å². The van der Waals surface area contributed by atoms with Crippen molar-refractivity contribution in [3.63, 3.8) is 0 Å². The summed E-state index contributed by atoms with van der Waals surface area (Å²) in [5.74, 6) is 0. The lowest BCUT2D eigenvalue weighted by Gasteiger charge is -2.26. The summed E-state index contributed by atoms with van der Waals surface area (Å²) >= 11 is 7.74. The van der Waals surface area contributed by atoms with Gasteiger partial charge >= 0.3 is 0 Å². The van der Waals surface area contributed by atoms with Crippen LogP contribution >= 0.6 is 23.4 Å². The van der Waals surface area contributed by atoms with E-state index in [-0.39, 0.29) is 0 Å². The maximum Gasteiger partial charge on any atom is 0.0964 e. The second-order valence-corrected chi connectivity index (χ2v) is 6.42. The van der Waals surface area contributed by atoms with Gasteiger partial charge in [-0.2, -0.15) is 0 Å². The zero-order valence-corrected chi connectivity index (χ0v) is 13.7. The Kier molecular flexibility index (Phi) is 8.51. The Morgan fingerprint density at radius 1 is 1.26 bits per heavy atom. The molecule has 1 aromatic rings. The zero-order chi connectivity index (χ0) is 14.1. The molecule has 2 unspecified atom stereocenters. The summed E-state index contributed by atoms with van der Waals surface area (Å²) in [6.45, 7) is 7.81. The minimum atomic E-state index is 0.567. The molecule has 108 valence electrons. The third-order valence-electron chi connectivity index (χ3n) is 3.08. The summed E-state index contributed by atoms with van der Waals surface area (Å²) < 4.78 is 0. The molecule has 0 aliphatic carbocycles. The molecule has 0 aliphatic rings. The standard InChI is InChI=1S/C15H25ClN2S/c1-4-7-13(17-10-5-2)14(6-3)19-15-9-8-12(16)11-18-15/h8-9,11,13-14,17H,4-7,10H2,1-3H3. The maximum absolute atomic E-state index is 5.88. The molecule has 0 bridgehead atoms. The van der Waals surface area contributed by atoms with E-state index in [4.69, 9.17) is 11.6 Å². The monoisotopic (exact) mass is 300 g/mol. The first-order chi connectivity index (χ1) is 9.21. The van der Waals surface area contributed by atoms with Crippen LogP contribution in [0.15, 0.2) is 23.4 Å². The minimum absolute atomic E-state index is 0.567. The van der Waals surface area contributed by atoms with Gasteiger partial charge in [-0.15, -0.1) is 11.8 Å². The van der Waals surface area contributed by atoms with Gasteiger partial charge in [0, 0.05) is 17.5 Å². The first-order valence-electron chi connectivity index (χ1n) is 7.22. The predicted octanol–water partition coefficient (Wildman–Crippen LogP) is 4.77. The normalized spacial score (nSPS) is 14.3. The Morgan fingerprint density at radius 3 is 2.58 bits per heavy atom. The van der Waals surface area contributed by atoms with Gasteiger partial charge in [-0.3, -0.25) is 0 Å². The Labute approximate surface area is 126 Å². The minimum Gasteiger partial charge on any atom is -0.313 e. The van der Waals surface area contributed by atoms with Gasteiger partial charge in [0.15, 0.2) is 0 Å². The highest BCUT2D eigenvalue weighted by Crippen LogP contribution is 2.28. The van der Waals surface area contributed by atoms with Gasteiger partial charge in [0.25, 0.3) is 0 Å². The zero-order valence-electron chi connectivity index (χ0n) is 12.2. The molecule has 1 rings (SSSR count). The van der Waals surface area contributed by atoms with Gasteiger partial charge < -0.3 is 5.32 Å². The third-order valence-corrected chi connectivity index (χ3v) is 4.75. The van der Waals surface area contributed by atoms with Gasteiger partial charge in [0.05, 0.1) is 10.0 Å². The lowest BCUT2D eigenvalue weighted by Crippen LogP contribution is -2.38. The molecular weight excluding hydrogens is 276 g/mol. The highest BCUT2D eigenvalue weighted by molar-refractivity contribution is 7.99. The second-order valence-electron chi connectivity index (χ2n) is 4.73. The number of aromatic nitrogens is 1. The van der Waals surface area contributed by atoms with Crippen molar-refractivity contribution in [1.82, 2.24) is 10.3 Å². The first kappa shape index (κ1) is 16.8. The molecule has 0 aromatic carbocycles. The van der Waals surface area contributed by atoms with Crippen molar-refractivity contribution in [3.05, 3.63) is 23.4 Å². The smallest absolute Gasteiger partial charge is 0.0964 e. The Hall–Kier alpha value is -0.250. The van der Waals surface area contributed by atoms with Crippen molar-refractivity contribution in [3.8, 4) is 0 Å². The average Bonchev–Trinajstić information content (AvgIpc) is 2.43. The SMILES string of the molecule is CCCNC(CCC)C(CC)Sc1ccc(Cl)cn1. The summed E-state index contributed by atoms with van der Waals surface area (Å²) in [7, 11) is 0. The molecule has 0 fully saturated rings. The Morgan fingerprint density at radius 2 is 2.05 bits per heavy atom. The largest absolute Gasteiger partial charge is 0.313 e. The summed E-state index contributed by atoms with van der Waals surface area (Å²) in [5, 5.41) is 6.01. The maximum atomic E-state index is 5.88. The molecule has 2 nitrogen and oxygen atoms in total. The van der Waals surface area contributed by atoms with E-state index in [9.17, 15) is 0 Å². The van der Waals surface area contributed by atoms with E-state index >= 15 is 0 Å². The van der Waals surface area contributed by atoms with Crippen molar-refractivity contribution < 1.29 is 0 Å². The van der Waals surface area contributed by atoms with Crippen LogP contribution in [0.5, 0.6) is 0 Å². The van der Waals surface area contributed by atoms with Crippen LogP contribution in [0.2, 0.25) is 5.02 Å². The Bertz CT molecular complexity index is 343. The summed E-state index contributed by atoms with van der Waals surface area (Å²) in [4.78, 5) is 4.39. The quantitative estimate of drug-likeness (QED) is 0.665. The topological polar surface area (TPSA) is 24.9 Å². The summed E-state index contributed by atoms with van der Waals surface area (Å²) in [6, 6.07) is 4.49. The average molecular weight is 301 g/mol. The first-order valence-corrected chi connectivity index (χ1v) is 8.48. The number of nitrogens with one attached hydrogen (secondary N) is 1. The van der Waals surface area contributed by atoms with Gasteiger partial charge in [0.2, 0.25) is 0 Å². The third kappa shape index (κ3) is 6.15. The van der Waals surface area contributed by atoms with E-state index in [2.05, 4.69) is 31.1 Å². The molecule has 0 radical (unpaired) electrons. The van der Waals surface area contributed by atoms with E-state index in [1.165, 1.54) is 19.3 Å². The molecule has 0 saturated carbocycles. The van der Waals surface area contributed by atoms with Crippen molar-refractivity contribution in [1.29, 1.82) is 0 Å². The lowest BCUT2D eigenvalue weighted by molar-refractivity contribution is 0.454. The Balaban J connectivity index is 2.64. The molecule has 1 heterocycles. The number of hydrogen-bond donors (Lipinski definition) is 1. The highest BCUT2D eigenvalue weighted by atomic mass is 35.5. The number of hydrogen-bond acceptors (Lipinski definition) is 3. The summed E-state index contributed by atoms with van der Waals surface area (Å²) in [6.07, 6.45) is 6.49. The van der Waals surface area contributed by atoms with E-state index in [1.807, 2.05) is 23.9 Å². The van der Waals surface area contributed by atoms with Crippen LogP contribution in [0.25, 0.3) is 0 Å². The number of rotatable bonds is 9. The number of thioether (sulfide) groups is 1. The molecule has 1 aromatic heterocycles. The van der Waals surface area contributed by atoms with Crippen molar-refractivity contribution in [2.24, 2.45) is 0 Å². The predicted molar refractivity (Wildman–Crippen MR) is 86.2 cm³/mol. The van der Waals surface area contributed by atoms with Crippen LogP contribution in [0.1, 0.15) is 46.5 Å². The molecule has 1 N–H and O–H groups in total. The second kappa shape index (κ2) is 9.62. The molecule has 0 saturated heterocycles. The fourth-order valence-corrected chi connectivity index (χ4v) is 3.34. The number of pyridine rings is 1. The molecule has 0 amide bonds. The molecule has 0 spiro atoms. The number of halogens is 1. The van der Waals surface area contributed by atoms with Gasteiger partial charge in [0.1, 0.15) is 0 Å². The number of nitrogens with zero attached hydrogens (tertiary/aromatic N) is 1. The molecule has 2 atom stereocenters. The highest BCUT2D eigenvalue weighted by Gasteiger charge is 2.20. The van der Waals surface area contributed by atoms with E-state index in [1.54, 1.807) is 6.20 Å². The van der Waals surface area contributed by atoms with E-state index in [0.717, 1.165) is 18.0 Å². The van der Waals surface area contributed by atoms with Crippen LogP contribution in [0, 0.1) is 0 Å². The summed E-state index contributed by atoms with van der Waals surface area (Å²) in [5.41, 5.74) is 0. The molecule has 4 heteroatoms. The van der Waals surface area contributed by atoms with Gasteiger partial charge in [-0.05, 0) is 37.9 Å². The lowest BCUT2D eigenvalue weighted by atomic mass is 10.1. The van der Waals surface area contributed by atoms with Gasteiger partial charge in [-0.1, -0.05) is 38.8 Å². The van der Waals surface area contributed by atoms with E-state index in [0.29, 0.717) is 16.3 Å². The molecule has 19 heavy (non-hydrogen) atoms. The van der Waals surface area contributed by atoms with Crippen LogP contribution in [0.4, 0.5) is 0 Å². The van der Waals surface area contributed by atoms with E-state index < -0.39 is 0 Å². The van der Waals surface area contributed by atoms with Crippen LogP contribution < -0.4 is 5.32 Å². The van der Waals surface area contributed by atoms with Crippen molar-refractivity contribution in [2.45, 2.75) is 62.8 Å². The van der Waals surface area contributed by atoms with Crippen LogP contribution in [0.3, 0.4) is 0 Å². The van der Waals surface area contributed by atoms with Crippen molar-refractivity contribution >= 4 is 23.4 Å². The van der Waals surface area contributed by atoms with Crippen LogP contribution in [-0.2, 0) is 0 Å². The van der Waals surface area contributed by atoms with Gasteiger partial charge in [-0.25, -0.2) is 4.98 Å². The fourth-order valence-electron chi connectivity index (χ4n) is 2.10. The van der Waals surface area contributed by atoms with Crippen molar-refractivity contribution in [2.75, 3.05) is 6.54 Å².